The highest BCUT2D eigenvalue weighted by atomic mass is 35.5. The van der Waals surface area contributed by atoms with Crippen molar-refractivity contribution in [3.8, 4) is 0 Å². The van der Waals surface area contributed by atoms with E-state index in [4.69, 9.17) is 11.6 Å². The predicted octanol–water partition coefficient (Wildman–Crippen LogP) is 4.71. The Morgan fingerprint density at radius 1 is 0.929 bits per heavy atom. The van der Waals surface area contributed by atoms with Gasteiger partial charge in [0.25, 0.3) is 0 Å². The van der Waals surface area contributed by atoms with Crippen LogP contribution in [0.3, 0.4) is 0 Å². The molecule has 1 aromatic heterocycles. The van der Waals surface area contributed by atoms with Crippen molar-refractivity contribution in [3.05, 3.63) is 46.8 Å². The van der Waals surface area contributed by atoms with Crippen molar-refractivity contribution in [2.45, 2.75) is 0 Å². The van der Waals surface area contributed by atoms with Crippen LogP contribution < -0.4 is 0 Å². The third kappa shape index (κ3) is 1.13. The molecular formula is C12H7ClS. The molecule has 0 nitrogen and oxygen atoms in total. The third-order valence-electron chi connectivity index (χ3n) is 2.41. The number of hydrogen-bond donors (Lipinski definition) is 0. The van der Waals surface area contributed by atoms with Gasteiger partial charge in [-0.15, -0.1) is 11.3 Å². The first-order chi connectivity index (χ1) is 6.84. The SMILES string of the molecule is Clc1ccc2ccc3sccc3c2c1. The zero-order valence-electron chi connectivity index (χ0n) is 7.33. The predicted molar refractivity (Wildman–Crippen MR) is 64.3 cm³/mol. The fourth-order valence-corrected chi connectivity index (χ4v) is 2.72. The van der Waals surface area contributed by atoms with E-state index < -0.39 is 0 Å². The number of halogens is 1. The van der Waals surface area contributed by atoms with Crippen LogP contribution in [0.1, 0.15) is 0 Å². The summed E-state index contributed by atoms with van der Waals surface area (Å²) in [5, 5.41) is 6.72. The lowest BCUT2D eigenvalue weighted by Gasteiger charge is -1.99. The van der Waals surface area contributed by atoms with Crippen LogP contribution in [0, 0.1) is 0 Å². The molecule has 2 aromatic carbocycles. The van der Waals surface area contributed by atoms with Crippen molar-refractivity contribution in [2.75, 3.05) is 0 Å². The maximum absolute atomic E-state index is 5.99. The summed E-state index contributed by atoms with van der Waals surface area (Å²) in [7, 11) is 0. The highest BCUT2D eigenvalue weighted by molar-refractivity contribution is 7.17. The van der Waals surface area contributed by atoms with Crippen LogP contribution in [-0.4, -0.2) is 0 Å². The van der Waals surface area contributed by atoms with Crippen molar-refractivity contribution in [1.29, 1.82) is 0 Å². The van der Waals surface area contributed by atoms with Crippen LogP contribution in [0.5, 0.6) is 0 Å². The van der Waals surface area contributed by atoms with E-state index in [1.807, 2.05) is 12.1 Å². The molecule has 1 heterocycles. The van der Waals surface area contributed by atoms with E-state index in [1.165, 1.54) is 20.9 Å². The Morgan fingerprint density at radius 3 is 2.71 bits per heavy atom. The zero-order valence-corrected chi connectivity index (χ0v) is 8.90. The van der Waals surface area contributed by atoms with Gasteiger partial charge in [-0.05, 0) is 40.4 Å². The summed E-state index contributed by atoms with van der Waals surface area (Å²) in [4.78, 5) is 0. The van der Waals surface area contributed by atoms with E-state index >= 15 is 0 Å². The molecule has 0 N–H and O–H groups in total. The first kappa shape index (κ1) is 8.27. The molecule has 2 heteroatoms. The normalized spacial score (nSPS) is 11.2. The molecular weight excluding hydrogens is 212 g/mol. The van der Waals surface area contributed by atoms with Crippen LogP contribution >= 0.6 is 22.9 Å². The minimum Gasteiger partial charge on any atom is -0.144 e. The monoisotopic (exact) mass is 218 g/mol. The number of thiophene rings is 1. The van der Waals surface area contributed by atoms with E-state index in [2.05, 4.69) is 29.6 Å². The standard InChI is InChI=1S/C12H7ClS/c13-9-3-1-8-2-4-12-10(5-6-14-12)11(8)7-9/h1-7H. The fourth-order valence-electron chi connectivity index (χ4n) is 1.75. The maximum atomic E-state index is 5.99. The summed E-state index contributed by atoms with van der Waals surface area (Å²) in [5.41, 5.74) is 0. The average Bonchev–Trinajstić information content (AvgIpc) is 2.65. The molecule has 14 heavy (non-hydrogen) atoms. The minimum atomic E-state index is 0.802. The van der Waals surface area contributed by atoms with Gasteiger partial charge < -0.3 is 0 Å². The third-order valence-corrected chi connectivity index (χ3v) is 3.53. The Morgan fingerprint density at radius 2 is 1.79 bits per heavy atom. The van der Waals surface area contributed by atoms with E-state index in [1.54, 1.807) is 11.3 Å². The molecule has 0 atom stereocenters. The van der Waals surface area contributed by atoms with Crippen molar-refractivity contribution in [1.82, 2.24) is 0 Å². The quantitative estimate of drug-likeness (QED) is 0.513. The van der Waals surface area contributed by atoms with Crippen LogP contribution in [0.4, 0.5) is 0 Å². The van der Waals surface area contributed by atoms with Crippen LogP contribution in [-0.2, 0) is 0 Å². The molecule has 0 saturated carbocycles. The summed E-state index contributed by atoms with van der Waals surface area (Å²) >= 11 is 7.75. The van der Waals surface area contributed by atoms with Gasteiger partial charge in [-0.2, -0.15) is 0 Å². The molecule has 0 amide bonds. The van der Waals surface area contributed by atoms with E-state index in [0.717, 1.165) is 5.02 Å². The number of rotatable bonds is 0. The Bertz CT molecular complexity index is 610. The zero-order chi connectivity index (χ0) is 9.54. The number of hydrogen-bond acceptors (Lipinski definition) is 1. The molecule has 0 bridgehead atoms. The van der Waals surface area contributed by atoms with E-state index in [9.17, 15) is 0 Å². The fraction of sp³-hybridized carbons (Fsp3) is 0. The summed E-state index contributed by atoms with van der Waals surface area (Å²) < 4.78 is 1.32. The summed E-state index contributed by atoms with van der Waals surface area (Å²) in [6.07, 6.45) is 0. The topological polar surface area (TPSA) is 0 Å². The van der Waals surface area contributed by atoms with Gasteiger partial charge in [0.05, 0.1) is 0 Å². The van der Waals surface area contributed by atoms with Crippen LogP contribution in [0.2, 0.25) is 5.02 Å². The highest BCUT2D eigenvalue weighted by Gasteiger charge is 2.01. The Kier molecular flexibility index (Phi) is 1.76. The van der Waals surface area contributed by atoms with E-state index in [-0.39, 0.29) is 0 Å². The van der Waals surface area contributed by atoms with Gasteiger partial charge in [0.1, 0.15) is 0 Å². The first-order valence-corrected chi connectivity index (χ1v) is 5.66. The summed E-state index contributed by atoms with van der Waals surface area (Å²) in [6.45, 7) is 0. The lowest BCUT2D eigenvalue weighted by atomic mass is 10.1. The van der Waals surface area contributed by atoms with Gasteiger partial charge in [-0.3, -0.25) is 0 Å². The molecule has 0 aliphatic heterocycles. The van der Waals surface area contributed by atoms with Gasteiger partial charge in [0, 0.05) is 15.1 Å². The summed E-state index contributed by atoms with van der Waals surface area (Å²) in [6, 6.07) is 12.5. The molecule has 0 fully saturated rings. The maximum Gasteiger partial charge on any atom is 0.0412 e. The van der Waals surface area contributed by atoms with Gasteiger partial charge in [-0.1, -0.05) is 23.7 Å². The second-order valence-electron chi connectivity index (χ2n) is 3.26. The molecule has 0 spiro atoms. The van der Waals surface area contributed by atoms with Crippen LogP contribution in [0.25, 0.3) is 20.9 Å². The molecule has 0 unspecified atom stereocenters. The average molecular weight is 219 g/mol. The molecule has 0 aliphatic rings. The molecule has 68 valence electrons. The summed E-state index contributed by atoms with van der Waals surface area (Å²) in [5.74, 6) is 0. The molecule has 3 rings (SSSR count). The highest BCUT2D eigenvalue weighted by Crippen LogP contribution is 2.30. The van der Waals surface area contributed by atoms with Gasteiger partial charge in [0.2, 0.25) is 0 Å². The number of fused-ring (bicyclic) bond motifs is 3. The Balaban J connectivity index is 2.60. The first-order valence-electron chi connectivity index (χ1n) is 4.40. The second kappa shape index (κ2) is 2.97. The molecule has 0 aliphatic carbocycles. The number of benzene rings is 2. The van der Waals surface area contributed by atoms with Gasteiger partial charge in [-0.25, -0.2) is 0 Å². The lowest BCUT2D eigenvalue weighted by molar-refractivity contribution is 1.81. The van der Waals surface area contributed by atoms with E-state index in [0.29, 0.717) is 0 Å². The molecule has 0 radical (unpaired) electrons. The Hall–Kier alpha value is -1.05. The Labute approximate surface area is 90.7 Å². The van der Waals surface area contributed by atoms with Crippen molar-refractivity contribution in [2.24, 2.45) is 0 Å². The van der Waals surface area contributed by atoms with Gasteiger partial charge >= 0.3 is 0 Å². The second-order valence-corrected chi connectivity index (χ2v) is 4.65. The van der Waals surface area contributed by atoms with Gasteiger partial charge in [0.15, 0.2) is 0 Å². The van der Waals surface area contributed by atoms with Crippen molar-refractivity contribution in [3.63, 3.8) is 0 Å². The molecule has 3 aromatic rings. The largest absolute Gasteiger partial charge is 0.144 e. The smallest absolute Gasteiger partial charge is 0.0412 e. The van der Waals surface area contributed by atoms with Crippen molar-refractivity contribution >= 4 is 43.8 Å². The van der Waals surface area contributed by atoms with Crippen molar-refractivity contribution < 1.29 is 0 Å². The van der Waals surface area contributed by atoms with Crippen LogP contribution in [0.15, 0.2) is 41.8 Å². The molecule has 0 saturated heterocycles. The lowest BCUT2D eigenvalue weighted by Crippen LogP contribution is -1.72. The minimum absolute atomic E-state index is 0.802.